The Balaban J connectivity index is 2.73. The molecule has 1 atom stereocenters. The van der Waals surface area contributed by atoms with Gasteiger partial charge in [-0.3, -0.25) is 0 Å². The van der Waals surface area contributed by atoms with Crippen LogP contribution < -0.4 is 5.73 Å². The first-order valence-corrected chi connectivity index (χ1v) is 4.62. The van der Waals surface area contributed by atoms with Crippen molar-refractivity contribution in [3.63, 3.8) is 0 Å². The van der Waals surface area contributed by atoms with Crippen molar-refractivity contribution >= 4 is 0 Å². The van der Waals surface area contributed by atoms with Crippen LogP contribution in [-0.2, 0) is 16.0 Å². The fourth-order valence-corrected chi connectivity index (χ4v) is 1.32. The van der Waals surface area contributed by atoms with Gasteiger partial charge < -0.3 is 15.2 Å². The molecule has 0 fully saturated rings. The van der Waals surface area contributed by atoms with E-state index in [4.69, 9.17) is 15.2 Å². The second kappa shape index (κ2) is 5.75. The van der Waals surface area contributed by atoms with E-state index in [-0.39, 0.29) is 6.10 Å². The van der Waals surface area contributed by atoms with Crippen molar-refractivity contribution in [1.29, 1.82) is 0 Å². The van der Waals surface area contributed by atoms with Crippen LogP contribution in [0, 0.1) is 0 Å². The van der Waals surface area contributed by atoms with Gasteiger partial charge in [0.1, 0.15) is 6.10 Å². The van der Waals surface area contributed by atoms with Gasteiger partial charge in [-0.25, -0.2) is 0 Å². The number of hydrogen-bond acceptors (Lipinski definition) is 3. The van der Waals surface area contributed by atoms with Crippen LogP contribution in [0.2, 0.25) is 0 Å². The molecule has 0 saturated heterocycles. The molecule has 0 heterocycles. The van der Waals surface area contributed by atoms with Gasteiger partial charge in [-0.1, -0.05) is 24.3 Å². The highest BCUT2D eigenvalue weighted by atomic mass is 16.5. The summed E-state index contributed by atoms with van der Waals surface area (Å²) in [7, 11) is 3.35. The summed E-state index contributed by atoms with van der Waals surface area (Å²) in [5.74, 6) is 0. The van der Waals surface area contributed by atoms with Gasteiger partial charge in [0, 0.05) is 20.8 Å². The molecule has 0 aliphatic heterocycles. The van der Waals surface area contributed by atoms with Crippen molar-refractivity contribution in [3.8, 4) is 0 Å². The lowest BCUT2D eigenvalue weighted by atomic mass is 10.1. The Kier molecular flexibility index (Phi) is 4.59. The van der Waals surface area contributed by atoms with Crippen molar-refractivity contribution < 1.29 is 9.47 Å². The number of benzene rings is 1. The molecular formula is C11H17NO2. The van der Waals surface area contributed by atoms with Crippen LogP contribution in [0.1, 0.15) is 17.2 Å². The summed E-state index contributed by atoms with van der Waals surface area (Å²) in [6.45, 7) is 1.14. The van der Waals surface area contributed by atoms with Gasteiger partial charge in [0.25, 0.3) is 0 Å². The summed E-state index contributed by atoms with van der Waals surface area (Å²) in [5, 5.41) is 0. The first-order chi connectivity index (χ1) is 6.81. The summed E-state index contributed by atoms with van der Waals surface area (Å²) in [5.41, 5.74) is 7.75. The normalized spacial score (nSPS) is 12.8. The molecule has 1 aromatic carbocycles. The number of methoxy groups -OCH3 is 2. The van der Waals surface area contributed by atoms with Crippen molar-refractivity contribution in [2.45, 2.75) is 12.6 Å². The molecule has 3 nitrogen and oxygen atoms in total. The lowest BCUT2D eigenvalue weighted by molar-refractivity contribution is 0.0275. The molecule has 14 heavy (non-hydrogen) atoms. The Hall–Kier alpha value is -0.900. The molecule has 1 rings (SSSR count). The molecule has 0 aromatic heterocycles. The first kappa shape index (κ1) is 11.2. The van der Waals surface area contributed by atoms with E-state index < -0.39 is 0 Å². The standard InChI is InChI=1S/C11H17NO2/c1-13-8-11(14-2)10-5-3-9(7-12)4-6-10/h3-6,11H,7-8,12H2,1-2H3. The smallest absolute Gasteiger partial charge is 0.105 e. The lowest BCUT2D eigenvalue weighted by Gasteiger charge is -2.14. The Bertz CT molecular complexity index is 258. The molecule has 0 radical (unpaired) electrons. The molecule has 0 aliphatic rings. The molecule has 78 valence electrons. The topological polar surface area (TPSA) is 44.5 Å². The molecule has 3 heteroatoms. The van der Waals surface area contributed by atoms with Crippen molar-refractivity contribution in [2.75, 3.05) is 20.8 Å². The molecular weight excluding hydrogens is 178 g/mol. The van der Waals surface area contributed by atoms with Gasteiger partial charge >= 0.3 is 0 Å². The fourth-order valence-electron chi connectivity index (χ4n) is 1.32. The SMILES string of the molecule is COCC(OC)c1ccc(CN)cc1. The molecule has 0 spiro atoms. The van der Waals surface area contributed by atoms with E-state index in [9.17, 15) is 0 Å². The van der Waals surface area contributed by atoms with Crippen LogP contribution in [-0.4, -0.2) is 20.8 Å². The van der Waals surface area contributed by atoms with E-state index in [0.29, 0.717) is 13.2 Å². The lowest BCUT2D eigenvalue weighted by Crippen LogP contribution is -2.08. The van der Waals surface area contributed by atoms with E-state index >= 15 is 0 Å². The number of nitrogens with two attached hydrogens (primary N) is 1. The zero-order valence-corrected chi connectivity index (χ0v) is 8.69. The van der Waals surface area contributed by atoms with Crippen LogP contribution in [0.3, 0.4) is 0 Å². The van der Waals surface area contributed by atoms with E-state index in [1.165, 1.54) is 0 Å². The van der Waals surface area contributed by atoms with Gasteiger partial charge in [0.2, 0.25) is 0 Å². The maximum atomic E-state index is 5.51. The van der Waals surface area contributed by atoms with Gasteiger partial charge in [0.15, 0.2) is 0 Å². The van der Waals surface area contributed by atoms with Crippen molar-refractivity contribution in [3.05, 3.63) is 35.4 Å². The molecule has 1 unspecified atom stereocenters. The Morgan fingerprint density at radius 1 is 1.21 bits per heavy atom. The summed E-state index contributed by atoms with van der Waals surface area (Å²) < 4.78 is 10.4. The summed E-state index contributed by atoms with van der Waals surface area (Å²) >= 11 is 0. The van der Waals surface area contributed by atoms with E-state index in [2.05, 4.69) is 0 Å². The van der Waals surface area contributed by atoms with E-state index in [1.54, 1.807) is 14.2 Å². The monoisotopic (exact) mass is 195 g/mol. The third kappa shape index (κ3) is 2.80. The quantitative estimate of drug-likeness (QED) is 0.774. The number of ether oxygens (including phenoxy) is 2. The molecule has 0 aliphatic carbocycles. The van der Waals surface area contributed by atoms with Crippen LogP contribution in [0.25, 0.3) is 0 Å². The van der Waals surface area contributed by atoms with E-state index in [1.807, 2.05) is 24.3 Å². The summed E-state index contributed by atoms with van der Waals surface area (Å²) in [6.07, 6.45) is 0.00632. The molecule has 1 aromatic rings. The fraction of sp³-hybridized carbons (Fsp3) is 0.455. The number of rotatable bonds is 5. The van der Waals surface area contributed by atoms with Gasteiger partial charge in [-0.2, -0.15) is 0 Å². The van der Waals surface area contributed by atoms with Gasteiger partial charge in [-0.15, -0.1) is 0 Å². The minimum atomic E-state index is 0.00632. The molecule has 0 bridgehead atoms. The third-order valence-electron chi connectivity index (χ3n) is 2.19. The second-order valence-corrected chi connectivity index (χ2v) is 3.13. The first-order valence-electron chi connectivity index (χ1n) is 4.62. The van der Waals surface area contributed by atoms with Gasteiger partial charge in [-0.05, 0) is 11.1 Å². The largest absolute Gasteiger partial charge is 0.382 e. The van der Waals surface area contributed by atoms with Crippen molar-refractivity contribution in [2.24, 2.45) is 5.73 Å². The van der Waals surface area contributed by atoms with Crippen molar-refractivity contribution in [1.82, 2.24) is 0 Å². The molecule has 2 N–H and O–H groups in total. The Labute approximate surface area is 84.8 Å². The molecule has 0 saturated carbocycles. The maximum absolute atomic E-state index is 5.51. The predicted octanol–water partition coefficient (Wildman–Crippen LogP) is 1.48. The van der Waals surface area contributed by atoms with Crippen LogP contribution >= 0.6 is 0 Å². The number of hydrogen-bond donors (Lipinski definition) is 1. The highest BCUT2D eigenvalue weighted by Crippen LogP contribution is 2.17. The highest BCUT2D eigenvalue weighted by Gasteiger charge is 2.08. The third-order valence-corrected chi connectivity index (χ3v) is 2.19. The molecule has 0 amide bonds. The summed E-state index contributed by atoms with van der Waals surface area (Å²) in [4.78, 5) is 0. The van der Waals surface area contributed by atoms with Crippen LogP contribution in [0.4, 0.5) is 0 Å². The minimum absolute atomic E-state index is 0.00632. The van der Waals surface area contributed by atoms with E-state index in [0.717, 1.165) is 11.1 Å². The average molecular weight is 195 g/mol. The van der Waals surface area contributed by atoms with Crippen LogP contribution in [0.15, 0.2) is 24.3 Å². The maximum Gasteiger partial charge on any atom is 0.105 e. The summed E-state index contributed by atoms with van der Waals surface area (Å²) in [6, 6.07) is 8.07. The Morgan fingerprint density at radius 2 is 1.86 bits per heavy atom. The van der Waals surface area contributed by atoms with Gasteiger partial charge in [0.05, 0.1) is 6.61 Å². The Morgan fingerprint density at radius 3 is 2.29 bits per heavy atom. The average Bonchev–Trinajstić information content (AvgIpc) is 2.26. The highest BCUT2D eigenvalue weighted by molar-refractivity contribution is 5.24. The van der Waals surface area contributed by atoms with Crippen LogP contribution in [0.5, 0.6) is 0 Å². The zero-order valence-electron chi connectivity index (χ0n) is 8.69. The minimum Gasteiger partial charge on any atom is -0.382 e. The second-order valence-electron chi connectivity index (χ2n) is 3.13. The zero-order chi connectivity index (χ0) is 10.4. The predicted molar refractivity (Wildman–Crippen MR) is 56.0 cm³/mol.